The fraction of sp³-hybridized carbons (Fsp3) is 0.333. The van der Waals surface area contributed by atoms with Crippen molar-refractivity contribution in [1.82, 2.24) is 9.80 Å². The van der Waals surface area contributed by atoms with Crippen LogP contribution < -0.4 is 18.9 Å². The summed E-state index contributed by atoms with van der Waals surface area (Å²) in [5.74, 6) is 0.882. The summed E-state index contributed by atoms with van der Waals surface area (Å²) < 4.78 is 4.04. The molecule has 2 amide bonds. The van der Waals surface area contributed by atoms with Crippen LogP contribution in [0.2, 0.25) is 0 Å². The standard InChI is InChI=1S/C42H54N6O2S2/c1-43-29-21-37(22-30-43)11-9-35-13-17-39(18-14-35)45(3)25-7-27-47(5)41(49)33-51-52-34-42(50)48(6)28-8-26-46(4)40-19-15-36(16-20-40)10-12-38-23-31-44(2)32-24-38/h9-24,29-32H,7-8,25-28,33-34H2,1-6H3/q+2. The predicted molar refractivity (Wildman–Crippen MR) is 222 cm³/mol. The van der Waals surface area contributed by atoms with Crippen LogP contribution in [0.4, 0.5) is 11.4 Å². The third-order valence-corrected chi connectivity index (χ3v) is 11.0. The first kappa shape index (κ1) is 40.2. The lowest BCUT2D eigenvalue weighted by molar-refractivity contribution is -0.671. The van der Waals surface area contributed by atoms with Gasteiger partial charge in [-0.25, -0.2) is 9.13 Å². The normalized spacial score (nSPS) is 11.3. The summed E-state index contributed by atoms with van der Waals surface area (Å²) in [6.45, 7) is 3.08. The SMILES string of the molecule is CN(CCCN(C)c1ccc(C=Cc2cc[n+](C)cc2)cc1)C(=O)CSSCC(=O)N(C)CCCN(C)c1ccc(C=Cc2cc[n+](C)cc2)cc1. The molecule has 52 heavy (non-hydrogen) atoms. The van der Waals surface area contributed by atoms with E-state index in [9.17, 15) is 9.59 Å². The molecular formula is C42H54N6O2S2+2. The molecule has 10 heteroatoms. The fourth-order valence-corrected chi connectivity index (χ4v) is 7.23. The zero-order valence-corrected chi connectivity index (χ0v) is 33.2. The highest BCUT2D eigenvalue weighted by Crippen LogP contribution is 2.22. The molecule has 0 aliphatic rings. The molecule has 4 rings (SSSR count). The van der Waals surface area contributed by atoms with Crippen LogP contribution in [0.1, 0.15) is 35.1 Å². The number of anilines is 2. The summed E-state index contributed by atoms with van der Waals surface area (Å²) in [4.78, 5) is 33.4. The topological polar surface area (TPSA) is 54.9 Å². The number of amides is 2. The zero-order valence-electron chi connectivity index (χ0n) is 31.5. The Hall–Kier alpha value is -4.54. The van der Waals surface area contributed by atoms with Crippen LogP contribution in [-0.4, -0.2) is 87.5 Å². The molecule has 0 atom stereocenters. The van der Waals surface area contributed by atoms with Gasteiger partial charge in [0.2, 0.25) is 11.8 Å². The number of carbonyl (C=O) groups is 2. The molecule has 0 unspecified atom stereocenters. The van der Waals surface area contributed by atoms with E-state index in [4.69, 9.17) is 0 Å². The maximum absolute atomic E-state index is 12.7. The number of hydrogen-bond donors (Lipinski definition) is 0. The molecule has 0 saturated heterocycles. The lowest BCUT2D eigenvalue weighted by atomic mass is 10.1. The Bertz CT molecular complexity index is 1610. The predicted octanol–water partition coefficient (Wildman–Crippen LogP) is 6.33. The minimum Gasteiger partial charge on any atom is -0.375 e. The van der Waals surface area contributed by atoms with Crippen molar-refractivity contribution in [2.24, 2.45) is 14.1 Å². The van der Waals surface area contributed by atoms with Crippen LogP contribution in [0.5, 0.6) is 0 Å². The van der Waals surface area contributed by atoms with E-state index in [1.807, 2.05) is 62.1 Å². The molecule has 0 radical (unpaired) electrons. The maximum Gasteiger partial charge on any atom is 0.233 e. The van der Waals surface area contributed by atoms with Gasteiger partial charge in [0.25, 0.3) is 0 Å². The van der Waals surface area contributed by atoms with Gasteiger partial charge in [-0.3, -0.25) is 9.59 Å². The van der Waals surface area contributed by atoms with E-state index >= 15 is 0 Å². The van der Waals surface area contributed by atoms with Crippen molar-refractivity contribution in [2.45, 2.75) is 12.8 Å². The molecule has 2 heterocycles. The average molecular weight is 739 g/mol. The Kier molecular flexibility index (Phi) is 16.3. The summed E-state index contributed by atoms with van der Waals surface area (Å²) in [5, 5.41) is 0. The summed E-state index contributed by atoms with van der Waals surface area (Å²) in [6.07, 6.45) is 18.4. The summed E-state index contributed by atoms with van der Waals surface area (Å²) in [6, 6.07) is 25.4. The van der Waals surface area contributed by atoms with Gasteiger partial charge >= 0.3 is 0 Å². The number of aromatic nitrogens is 2. The van der Waals surface area contributed by atoms with Gasteiger partial charge in [0.15, 0.2) is 24.8 Å². The van der Waals surface area contributed by atoms with Crippen molar-refractivity contribution in [3.63, 3.8) is 0 Å². The van der Waals surface area contributed by atoms with Crippen molar-refractivity contribution in [2.75, 3.05) is 75.7 Å². The first-order valence-electron chi connectivity index (χ1n) is 17.7. The van der Waals surface area contributed by atoms with Gasteiger partial charge in [-0.1, -0.05) is 70.2 Å². The summed E-state index contributed by atoms with van der Waals surface area (Å²) in [5.41, 5.74) is 6.95. The van der Waals surface area contributed by atoms with E-state index in [0.29, 0.717) is 24.6 Å². The van der Waals surface area contributed by atoms with Gasteiger partial charge in [0.05, 0.1) is 11.5 Å². The molecule has 274 valence electrons. The van der Waals surface area contributed by atoms with E-state index in [1.165, 1.54) is 32.7 Å². The van der Waals surface area contributed by atoms with Crippen molar-refractivity contribution >= 4 is 69.1 Å². The number of rotatable bonds is 19. The zero-order chi connectivity index (χ0) is 37.3. The smallest absolute Gasteiger partial charge is 0.233 e. The van der Waals surface area contributed by atoms with Crippen LogP contribution in [0.15, 0.2) is 97.6 Å². The molecule has 0 saturated carbocycles. The van der Waals surface area contributed by atoms with E-state index in [0.717, 1.165) is 48.4 Å². The Morgan fingerprint density at radius 3 is 1.13 bits per heavy atom. The molecule has 0 aliphatic carbocycles. The van der Waals surface area contributed by atoms with E-state index in [-0.39, 0.29) is 11.8 Å². The molecule has 0 spiro atoms. The number of aryl methyl sites for hydroxylation is 2. The van der Waals surface area contributed by atoms with Crippen LogP contribution >= 0.6 is 21.6 Å². The van der Waals surface area contributed by atoms with E-state index in [1.54, 1.807) is 9.80 Å². The third kappa shape index (κ3) is 13.9. The summed E-state index contributed by atoms with van der Waals surface area (Å²) in [7, 11) is 14.8. The Labute approximate surface area is 318 Å². The van der Waals surface area contributed by atoms with Gasteiger partial charge in [-0.05, 0) is 59.4 Å². The number of carbonyl (C=O) groups excluding carboxylic acids is 2. The number of nitrogens with zero attached hydrogens (tertiary/aromatic N) is 6. The molecule has 0 bridgehead atoms. The van der Waals surface area contributed by atoms with Gasteiger partial charge in [0.1, 0.15) is 14.1 Å². The monoisotopic (exact) mass is 738 g/mol. The first-order chi connectivity index (χ1) is 25.1. The third-order valence-electron chi connectivity index (χ3n) is 8.89. The molecule has 0 fully saturated rings. The largest absolute Gasteiger partial charge is 0.375 e. The first-order valence-corrected chi connectivity index (χ1v) is 20.2. The highest BCUT2D eigenvalue weighted by Gasteiger charge is 2.13. The number of benzene rings is 2. The maximum atomic E-state index is 12.7. The lowest BCUT2D eigenvalue weighted by Gasteiger charge is -2.22. The van der Waals surface area contributed by atoms with Crippen molar-refractivity contribution in [3.05, 3.63) is 120 Å². The van der Waals surface area contributed by atoms with Crippen LogP contribution in [-0.2, 0) is 23.7 Å². The highest BCUT2D eigenvalue weighted by atomic mass is 33.1. The van der Waals surface area contributed by atoms with Gasteiger partial charge < -0.3 is 19.6 Å². The van der Waals surface area contributed by atoms with E-state index in [2.05, 4.69) is 121 Å². The molecule has 8 nitrogen and oxygen atoms in total. The second kappa shape index (κ2) is 21.1. The molecule has 0 aliphatic heterocycles. The summed E-state index contributed by atoms with van der Waals surface area (Å²) >= 11 is 0. The van der Waals surface area contributed by atoms with Crippen LogP contribution in [0.25, 0.3) is 24.3 Å². The van der Waals surface area contributed by atoms with Gasteiger partial charge in [-0.15, -0.1) is 0 Å². The molecule has 2 aromatic carbocycles. The average Bonchev–Trinajstić information content (AvgIpc) is 3.16. The van der Waals surface area contributed by atoms with Gasteiger partial charge in [0, 0.05) is 90.0 Å². The minimum absolute atomic E-state index is 0.0850. The second-order valence-corrected chi connectivity index (χ2v) is 15.6. The van der Waals surface area contributed by atoms with Crippen molar-refractivity contribution < 1.29 is 18.7 Å². The molecular weight excluding hydrogens is 685 g/mol. The number of pyridine rings is 2. The van der Waals surface area contributed by atoms with Crippen molar-refractivity contribution in [1.29, 1.82) is 0 Å². The molecule has 2 aromatic heterocycles. The highest BCUT2D eigenvalue weighted by molar-refractivity contribution is 8.77. The quantitative estimate of drug-likeness (QED) is 0.0638. The Balaban J connectivity index is 1.05. The molecule has 0 N–H and O–H groups in total. The molecule has 4 aromatic rings. The van der Waals surface area contributed by atoms with Crippen molar-refractivity contribution in [3.8, 4) is 0 Å². The van der Waals surface area contributed by atoms with Crippen LogP contribution in [0.3, 0.4) is 0 Å². The van der Waals surface area contributed by atoms with E-state index < -0.39 is 0 Å². The van der Waals surface area contributed by atoms with Gasteiger partial charge in [-0.2, -0.15) is 0 Å². The fourth-order valence-electron chi connectivity index (χ4n) is 5.31. The lowest BCUT2D eigenvalue weighted by Crippen LogP contribution is -2.32. The number of hydrogen-bond acceptors (Lipinski definition) is 6. The second-order valence-electron chi connectivity index (χ2n) is 13.1. The Morgan fingerprint density at radius 2 is 0.808 bits per heavy atom. The minimum atomic E-state index is 0.0850. The van der Waals surface area contributed by atoms with Crippen LogP contribution in [0, 0.1) is 0 Å². The Morgan fingerprint density at radius 1 is 0.500 bits per heavy atom.